The Morgan fingerprint density at radius 2 is 1.79 bits per heavy atom. The number of hydrogen-bond donors (Lipinski definition) is 4. The molecular formula is C12H15N3O4. The number of hydrogen-bond acceptors (Lipinski definition) is 5. The van der Waals surface area contributed by atoms with Crippen LogP contribution in [0.1, 0.15) is 23.2 Å². The minimum Gasteiger partial charge on any atom is -0.481 e. The third-order valence-corrected chi connectivity index (χ3v) is 2.42. The Labute approximate surface area is 109 Å². The molecule has 102 valence electrons. The number of carboxylic acid groups (broad SMARTS) is 1. The average molecular weight is 265 g/mol. The highest BCUT2D eigenvalue weighted by Crippen LogP contribution is 2.05. The van der Waals surface area contributed by atoms with Gasteiger partial charge in [0.25, 0.3) is 5.91 Å². The zero-order valence-corrected chi connectivity index (χ0v) is 10.1. The minimum atomic E-state index is -1.05. The summed E-state index contributed by atoms with van der Waals surface area (Å²) in [6.07, 6.45) is -0.263. The van der Waals surface area contributed by atoms with Crippen molar-refractivity contribution in [2.24, 2.45) is 5.73 Å². The first-order valence-electron chi connectivity index (χ1n) is 5.58. The SMILES string of the molecule is Nc1ccc(C(=O)NC(=O)[C@@H](N)CCC(=O)O)cc1. The fourth-order valence-corrected chi connectivity index (χ4v) is 1.32. The van der Waals surface area contributed by atoms with Gasteiger partial charge in [-0.3, -0.25) is 19.7 Å². The molecule has 0 aliphatic carbocycles. The van der Waals surface area contributed by atoms with Crippen molar-refractivity contribution in [3.8, 4) is 0 Å². The van der Waals surface area contributed by atoms with Gasteiger partial charge in [0, 0.05) is 17.7 Å². The lowest BCUT2D eigenvalue weighted by Crippen LogP contribution is -2.43. The number of amides is 2. The molecule has 0 unspecified atom stereocenters. The molecule has 7 heteroatoms. The number of nitrogens with one attached hydrogen (secondary N) is 1. The maximum Gasteiger partial charge on any atom is 0.303 e. The van der Waals surface area contributed by atoms with Crippen LogP contribution in [0.2, 0.25) is 0 Å². The van der Waals surface area contributed by atoms with E-state index in [1.165, 1.54) is 24.3 Å². The van der Waals surface area contributed by atoms with Crippen LogP contribution in [0.5, 0.6) is 0 Å². The summed E-state index contributed by atoms with van der Waals surface area (Å²) in [6.45, 7) is 0. The number of nitrogens with two attached hydrogens (primary N) is 2. The van der Waals surface area contributed by atoms with E-state index in [1.807, 2.05) is 0 Å². The molecule has 0 aromatic heterocycles. The van der Waals surface area contributed by atoms with Gasteiger partial charge in [-0.15, -0.1) is 0 Å². The molecule has 0 radical (unpaired) electrons. The molecule has 0 saturated heterocycles. The molecule has 1 atom stereocenters. The van der Waals surface area contributed by atoms with Crippen molar-refractivity contribution in [2.75, 3.05) is 5.73 Å². The number of benzene rings is 1. The molecule has 2 amide bonds. The van der Waals surface area contributed by atoms with E-state index in [9.17, 15) is 14.4 Å². The minimum absolute atomic E-state index is 0.0316. The summed E-state index contributed by atoms with van der Waals surface area (Å²) in [5, 5.41) is 10.6. The quantitative estimate of drug-likeness (QED) is 0.540. The van der Waals surface area contributed by atoms with Crippen LogP contribution in [0.4, 0.5) is 5.69 Å². The summed E-state index contributed by atoms with van der Waals surface area (Å²) in [6, 6.07) is 4.98. The van der Waals surface area contributed by atoms with E-state index >= 15 is 0 Å². The third-order valence-electron chi connectivity index (χ3n) is 2.42. The first kappa shape index (κ1) is 14.7. The number of carboxylic acids is 1. The highest BCUT2D eigenvalue weighted by atomic mass is 16.4. The Bertz CT molecular complexity index is 484. The standard InChI is InChI=1S/C12H15N3O4/c13-8-3-1-7(2-4-8)11(18)15-12(19)9(14)5-6-10(16)17/h1-4,9H,5-6,13-14H2,(H,16,17)(H,15,18,19)/t9-/m0/s1. The van der Waals surface area contributed by atoms with Gasteiger partial charge in [-0.05, 0) is 30.7 Å². The summed E-state index contributed by atoms with van der Waals surface area (Å²) in [5.41, 5.74) is 11.7. The van der Waals surface area contributed by atoms with Gasteiger partial charge < -0.3 is 16.6 Å². The molecular weight excluding hydrogens is 250 g/mol. The van der Waals surface area contributed by atoms with E-state index in [0.29, 0.717) is 5.69 Å². The van der Waals surface area contributed by atoms with E-state index in [4.69, 9.17) is 16.6 Å². The monoisotopic (exact) mass is 265 g/mol. The Morgan fingerprint density at radius 1 is 1.21 bits per heavy atom. The molecule has 1 aromatic carbocycles. The topological polar surface area (TPSA) is 136 Å². The zero-order valence-electron chi connectivity index (χ0n) is 10.1. The molecule has 0 fully saturated rings. The predicted molar refractivity (Wildman–Crippen MR) is 68.2 cm³/mol. The van der Waals surface area contributed by atoms with Crippen LogP contribution in [0.25, 0.3) is 0 Å². The van der Waals surface area contributed by atoms with Crippen molar-refractivity contribution in [3.05, 3.63) is 29.8 Å². The first-order valence-corrected chi connectivity index (χ1v) is 5.58. The first-order chi connectivity index (χ1) is 8.90. The number of imide groups is 1. The molecule has 6 N–H and O–H groups in total. The van der Waals surface area contributed by atoms with Crippen molar-refractivity contribution in [2.45, 2.75) is 18.9 Å². The van der Waals surface area contributed by atoms with Gasteiger partial charge in [0.05, 0.1) is 6.04 Å². The van der Waals surface area contributed by atoms with E-state index in [2.05, 4.69) is 5.32 Å². The second-order valence-electron chi connectivity index (χ2n) is 3.98. The van der Waals surface area contributed by atoms with E-state index in [0.717, 1.165) is 0 Å². The normalized spacial score (nSPS) is 11.6. The molecule has 0 aliphatic heterocycles. The number of nitrogen functional groups attached to an aromatic ring is 1. The fraction of sp³-hybridized carbons (Fsp3) is 0.250. The maximum atomic E-state index is 11.7. The highest BCUT2D eigenvalue weighted by molar-refractivity contribution is 6.06. The lowest BCUT2D eigenvalue weighted by Gasteiger charge is -2.10. The molecule has 0 heterocycles. The lowest BCUT2D eigenvalue weighted by molar-refractivity contribution is -0.137. The number of anilines is 1. The molecule has 0 aliphatic rings. The Balaban J connectivity index is 2.54. The van der Waals surface area contributed by atoms with Crippen molar-refractivity contribution in [1.29, 1.82) is 0 Å². The summed E-state index contributed by atoms with van der Waals surface area (Å²) in [7, 11) is 0. The van der Waals surface area contributed by atoms with Crippen LogP contribution in [0.3, 0.4) is 0 Å². The van der Waals surface area contributed by atoms with Crippen LogP contribution < -0.4 is 16.8 Å². The maximum absolute atomic E-state index is 11.7. The zero-order chi connectivity index (χ0) is 14.4. The molecule has 7 nitrogen and oxygen atoms in total. The average Bonchev–Trinajstić information content (AvgIpc) is 2.36. The smallest absolute Gasteiger partial charge is 0.303 e. The van der Waals surface area contributed by atoms with Crippen LogP contribution in [-0.2, 0) is 9.59 Å². The lowest BCUT2D eigenvalue weighted by atomic mass is 10.1. The highest BCUT2D eigenvalue weighted by Gasteiger charge is 2.18. The molecule has 1 rings (SSSR count). The number of aliphatic carboxylic acids is 1. The van der Waals surface area contributed by atoms with Crippen molar-refractivity contribution in [1.82, 2.24) is 5.32 Å². The Hall–Kier alpha value is -2.41. The van der Waals surface area contributed by atoms with Crippen LogP contribution in [0, 0.1) is 0 Å². The van der Waals surface area contributed by atoms with E-state index in [-0.39, 0.29) is 18.4 Å². The molecule has 19 heavy (non-hydrogen) atoms. The Morgan fingerprint density at radius 3 is 2.32 bits per heavy atom. The van der Waals surface area contributed by atoms with Gasteiger partial charge >= 0.3 is 5.97 Å². The Kier molecular flexibility index (Phi) is 5.01. The van der Waals surface area contributed by atoms with Gasteiger partial charge in [-0.25, -0.2) is 0 Å². The van der Waals surface area contributed by atoms with Gasteiger partial charge in [0.2, 0.25) is 5.91 Å². The summed E-state index contributed by atoms with van der Waals surface area (Å²) in [4.78, 5) is 33.5. The molecule has 0 saturated carbocycles. The van der Waals surface area contributed by atoms with Gasteiger partial charge in [-0.1, -0.05) is 0 Å². The van der Waals surface area contributed by atoms with Gasteiger partial charge in [0.1, 0.15) is 0 Å². The van der Waals surface area contributed by atoms with Gasteiger partial charge in [-0.2, -0.15) is 0 Å². The van der Waals surface area contributed by atoms with E-state index < -0.39 is 23.8 Å². The summed E-state index contributed by atoms with van der Waals surface area (Å²) >= 11 is 0. The number of carbonyl (C=O) groups is 3. The summed E-state index contributed by atoms with van der Waals surface area (Å²) < 4.78 is 0. The summed E-state index contributed by atoms with van der Waals surface area (Å²) in [5.74, 6) is -2.35. The fourth-order valence-electron chi connectivity index (χ4n) is 1.32. The van der Waals surface area contributed by atoms with Crippen molar-refractivity contribution >= 4 is 23.5 Å². The number of carbonyl (C=O) groups excluding carboxylic acids is 2. The van der Waals surface area contributed by atoms with Gasteiger partial charge in [0.15, 0.2) is 0 Å². The van der Waals surface area contributed by atoms with Crippen molar-refractivity contribution in [3.63, 3.8) is 0 Å². The molecule has 1 aromatic rings. The van der Waals surface area contributed by atoms with Crippen LogP contribution in [-0.4, -0.2) is 28.9 Å². The largest absolute Gasteiger partial charge is 0.481 e. The third kappa shape index (κ3) is 4.76. The molecule has 0 spiro atoms. The van der Waals surface area contributed by atoms with Crippen molar-refractivity contribution < 1.29 is 19.5 Å². The predicted octanol–water partition coefficient (Wildman–Crippen LogP) is -0.283. The number of rotatable bonds is 5. The second kappa shape index (κ2) is 6.50. The second-order valence-corrected chi connectivity index (χ2v) is 3.98. The molecule has 0 bridgehead atoms. The van der Waals surface area contributed by atoms with Crippen LogP contribution in [0.15, 0.2) is 24.3 Å². The van der Waals surface area contributed by atoms with E-state index in [1.54, 1.807) is 0 Å². The van der Waals surface area contributed by atoms with Crippen LogP contribution >= 0.6 is 0 Å².